The lowest BCUT2D eigenvalue weighted by Crippen LogP contribution is -2.01. The second-order valence-corrected chi connectivity index (χ2v) is 3.32. The fourth-order valence-electron chi connectivity index (χ4n) is 1.40. The molecule has 2 aromatic rings. The molecule has 0 radical (unpaired) electrons. The zero-order valence-corrected chi connectivity index (χ0v) is 9.00. The largest absolute Gasteiger partial charge is 0.497 e. The van der Waals surface area contributed by atoms with Gasteiger partial charge in [0, 0.05) is 5.56 Å². The lowest BCUT2D eigenvalue weighted by Gasteiger charge is -1.99. The van der Waals surface area contributed by atoms with E-state index in [0.717, 1.165) is 17.0 Å². The van der Waals surface area contributed by atoms with Gasteiger partial charge in [-0.3, -0.25) is 0 Å². The Morgan fingerprint density at radius 3 is 2.69 bits per heavy atom. The van der Waals surface area contributed by atoms with Crippen molar-refractivity contribution in [1.82, 2.24) is 15.0 Å². The molecule has 0 bridgehead atoms. The third-order valence-electron chi connectivity index (χ3n) is 2.25. The van der Waals surface area contributed by atoms with E-state index in [0.29, 0.717) is 6.54 Å². The smallest absolute Gasteiger partial charge is 0.118 e. The summed E-state index contributed by atoms with van der Waals surface area (Å²) >= 11 is 0. The maximum Gasteiger partial charge on any atom is 0.118 e. The van der Waals surface area contributed by atoms with Crippen molar-refractivity contribution in [1.29, 1.82) is 0 Å². The number of benzene rings is 1. The van der Waals surface area contributed by atoms with Crippen molar-refractivity contribution in [2.75, 3.05) is 13.7 Å². The molecule has 16 heavy (non-hydrogen) atoms. The number of rotatable bonds is 4. The summed E-state index contributed by atoms with van der Waals surface area (Å²) in [6.45, 7) is 0.522. The number of aromatic nitrogens is 3. The van der Waals surface area contributed by atoms with Gasteiger partial charge < -0.3 is 9.84 Å². The van der Waals surface area contributed by atoms with Crippen LogP contribution in [0.2, 0.25) is 0 Å². The van der Waals surface area contributed by atoms with Crippen LogP contribution in [0, 0.1) is 0 Å². The van der Waals surface area contributed by atoms with Gasteiger partial charge in [-0.1, -0.05) is 5.21 Å². The van der Waals surface area contributed by atoms with E-state index in [1.807, 2.05) is 24.3 Å². The molecule has 0 atom stereocenters. The van der Waals surface area contributed by atoms with Crippen LogP contribution in [0.15, 0.2) is 30.5 Å². The van der Waals surface area contributed by atoms with Crippen molar-refractivity contribution >= 4 is 0 Å². The van der Waals surface area contributed by atoms with Crippen LogP contribution in [0.5, 0.6) is 5.75 Å². The van der Waals surface area contributed by atoms with Gasteiger partial charge in [-0.05, 0) is 24.3 Å². The van der Waals surface area contributed by atoms with Gasteiger partial charge in [0.1, 0.15) is 11.4 Å². The van der Waals surface area contributed by atoms with Crippen molar-refractivity contribution in [2.24, 2.45) is 0 Å². The first-order valence-electron chi connectivity index (χ1n) is 4.99. The van der Waals surface area contributed by atoms with E-state index in [1.54, 1.807) is 18.0 Å². The Kier molecular flexibility index (Phi) is 3.16. The maximum atomic E-state index is 8.76. The van der Waals surface area contributed by atoms with Crippen molar-refractivity contribution in [3.05, 3.63) is 30.5 Å². The summed E-state index contributed by atoms with van der Waals surface area (Å²) in [5.41, 5.74) is 1.76. The topological polar surface area (TPSA) is 60.2 Å². The molecule has 0 aliphatic heterocycles. The Labute approximate surface area is 93.3 Å². The zero-order chi connectivity index (χ0) is 11.4. The molecule has 1 heterocycles. The van der Waals surface area contributed by atoms with Crippen molar-refractivity contribution < 1.29 is 9.84 Å². The van der Waals surface area contributed by atoms with Crippen LogP contribution in [0.1, 0.15) is 0 Å². The molecule has 0 amide bonds. The van der Waals surface area contributed by atoms with Crippen LogP contribution < -0.4 is 4.74 Å². The Morgan fingerprint density at radius 1 is 1.31 bits per heavy atom. The molecule has 84 valence electrons. The molecule has 1 aromatic heterocycles. The molecule has 0 aliphatic rings. The van der Waals surface area contributed by atoms with Gasteiger partial charge >= 0.3 is 0 Å². The third kappa shape index (κ3) is 2.20. The highest BCUT2D eigenvalue weighted by Crippen LogP contribution is 2.19. The highest BCUT2D eigenvalue weighted by Gasteiger charge is 2.03. The van der Waals surface area contributed by atoms with Gasteiger partial charge in [0.25, 0.3) is 0 Å². The first kappa shape index (κ1) is 10.6. The molecular weight excluding hydrogens is 206 g/mol. The van der Waals surface area contributed by atoms with E-state index in [4.69, 9.17) is 9.84 Å². The summed E-state index contributed by atoms with van der Waals surface area (Å²) in [5, 5.41) is 16.7. The number of aliphatic hydroxyl groups is 1. The van der Waals surface area contributed by atoms with Gasteiger partial charge in [-0.25, -0.2) is 4.68 Å². The molecule has 5 nitrogen and oxygen atoms in total. The predicted octanol–water partition coefficient (Wildman–Crippen LogP) is 0.946. The molecule has 0 fully saturated rings. The zero-order valence-electron chi connectivity index (χ0n) is 9.00. The second-order valence-electron chi connectivity index (χ2n) is 3.32. The minimum Gasteiger partial charge on any atom is -0.497 e. The van der Waals surface area contributed by atoms with Gasteiger partial charge in [0.05, 0.1) is 26.5 Å². The minimum atomic E-state index is 0.0609. The predicted molar refractivity (Wildman–Crippen MR) is 59.1 cm³/mol. The average Bonchev–Trinajstić information content (AvgIpc) is 2.78. The van der Waals surface area contributed by atoms with Crippen molar-refractivity contribution in [3.63, 3.8) is 0 Å². The monoisotopic (exact) mass is 219 g/mol. The van der Waals surface area contributed by atoms with E-state index >= 15 is 0 Å². The van der Waals surface area contributed by atoms with Crippen LogP contribution in [-0.4, -0.2) is 33.8 Å². The fourth-order valence-corrected chi connectivity index (χ4v) is 1.40. The van der Waals surface area contributed by atoms with E-state index < -0.39 is 0 Å². The molecule has 0 aliphatic carbocycles. The first-order valence-corrected chi connectivity index (χ1v) is 4.99. The Balaban J connectivity index is 2.21. The summed E-state index contributed by atoms with van der Waals surface area (Å²) in [6, 6.07) is 7.60. The van der Waals surface area contributed by atoms with E-state index in [-0.39, 0.29) is 6.61 Å². The molecule has 0 saturated heterocycles. The third-order valence-corrected chi connectivity index (χ3v) is 2.25. The quantitative estimate of drug-likeness (QED) is 0.831. The second kappa shape index (κ2) is 4.76. The van der Waals surface area contributed by atoms with E-state index in [1.165, 1.54) is 0 Å². The van der Waals surface area contributed by atoms with Crippen molar-refractivity contribution in [3.8, 4) is 17.0 Å². The summed E-state index contributed by atoms with van der Waals surface area (Å²) in [4.78, 5) is 0. The summed E-state index contributed by atoms with van der Waals surface area (Å²) in [7, 11) is 1.63. The normalized spacial score (nSPS) is 10.4. The Morgan fingerprint density at radius 2 is 2.06 bits per heavy atom. The van der Waals surface area contributed by atoms with E-state index in [9.17, 15) is 0 Å². The molecule has 0 unspecified atom stereocenters. The van der Waals surface area contributed by atoms with Crippen LogP contribution in [0.4, 0.5) is 0 Å². The molecule has 2 rings (SSSR count). The standard InChI is InChI=1S/C11H13N3O2/c1-16-10-4-2-9(3-5-10)11-8-14(6-7-15)13-12-11/h2-5,8,15H,6-7H2,1H3. The maximum absolute atomic E-state index is 8.76. The highest BCUT2D eigenvalue weighted by atomic mass is 16.5. The number of hydrogen-bond acceptors (Lipinski definition) is 4. The lowest BCUT2D eigenvalue weighted by atomic mass is 10.2. The van der Waals surface area contributed by atoms with Gasteiger partial charge in [0.15, 0.2) is 0 Å². The van der Waals surface area contributed by atoms with Gasteiger partial charge in [-0.2, -0.15) is 0 Å². The summed E-state index contributed by atoms with van der Waals surface area (Å²) < 4.78 is 6.69. The summed E-state index contributed by atoms with van der Waals surface area (Å²) in [5.74, 6) is 0.812. The Bertz CT molecular complexity index is 451. The SMILES string of the molecule is COc1ccc(-c2cn(CCO)nn2)cc1. The minimum absolute atomic E-state index is 0.0609. The Hall–Kier alpha value is -1.88. The van der Waals surface area contributed by atoms with Crippen molar-refractivity contribution in [2.45, 2.75) is 6.54 Å². The summed E-state index contributed by atoms with van der Waals surface area (Å²) in [6.07, 6.45) is 1.80. The molecule has 0 spiro atoms. The van der Waals surface area contributed by atoms with Crippen LogP contribution in [0.3, 0.4) is 0 Å². The van der Waals surface area contributed by atoms with Crippen LogP contribution >= 0.6 is 0 Å². The van der Waals surface area contributed by atoms with E-state index in [2.05, 4.69) is 10.3 Å². The van der Waals surface area contributed by atoms with Crippen LogP contribution in [0.25, 0.3) is 11.3 Å². The fraction of sp³-hybridized carbons (Fsp3) is 0.273. The molecule has 0 saturated carbocycles. The number of nitrogens with zero attached hydrogens (tertiary/aromatic N) is 3. The lowest BCUT2D eigenvalue weighted by molar-refractivity contribution is 0.268. The molecule has 1 N–H and O–H groups in total. The first-order chi connectivity index (χ1) is 7.83. The number of methoxy groups -OCH3 is 1. The van der Waals surface area contributed by atoms with Gasteiger partial charge in [0.2, 0.25) is 0 Å². The molecule has 5 heteroatoms. The van der Waals surface area contributed by atoms with Crippen LogP contribution in [-0.2, 0) is 6.54 Å². The average molecular weight is 219 g/mol. The highest BCUT2D eigenvalue weighted by molar-refractivity contribution is 5.58. The van der Waals surface area contributed by atoms with Gasteiger partial charge in [-0.15, -0.1) is 5.10 Å². The number of ether oxygens (including phenoxy) is 1. The number of hydrogen-bond donors (Lipinski definition) is 1. The number of aliphatic hydroxyl groups excluding tert-OH is 1. The molecule has 1 aromatic carbocycles. The molecular formula is C11H13N3O2.